The molecule has 0 saturated heterocycles. The van der Waals surface area contributed by atoms with Gasteiger partial charge in [-0.3, -0.25) is 0 Å². The summed E-state index contributed by atoms with van der Waals surface area (Å²) in [4.78, 5) is 15.8. The van der Waals surface area contributed by atoms with Crippen LogP contribution in [0.5, 0.6) is 0 Å². The summed E-state index contributed by atoms with van der Waals surface area (Å²) < 4.78 is 0. The van der Waals surface area contributed by atoms with Gasteiger partial charge in [-0.2, -0.15) is 0 Å². The Hall–Kier alpha value is -1.16. The van der Waals surface area contributed by atoms with Crippen molar-refractivity contribution in [1.82, 2.24) is 4.98 Å². The lowest BCUT2D eigenvalue weighted by Crippen LogP contribution is -2.13. The molecule has 1 heterocycles. The van der Waals surface area contributed by atoms with E-state index in [4.69, 9.17) is 5.11 Å². The van der Waals surface area contributed by atoms with Crippen LogP contribution in [0.4, 0.5) is 0 Å². The minimum absolute atomic E-state index is 0.0526. The highest BCUT2D eigenvalue weighted by atomic mass is 32.1. The van der Waals surface area contributed by atoms with Crippen molar-refractivity contribution in [3.05, 3.63) is 21.7 Å². The molecule has 0 aliphatic rings. The predicted molar refractivity (Wildman–Crippen MR) is 62.2 cm³/mol. The third-order valence-corrected chi connectivity index (χ3v) is 2.78. The van der Waals surface area contributed by atoms with E-state index in [-0.39, 0.29) is 5.41 Å². The second-order valence-electron chi connectivity index (χ2n) is 4.37. The molecule has 0 fully saturated rings. The fraction of sp³-hybridized carbons (Fsp3) is 0.455. The Morgan fingerprint density at radius 3 is 2.53 bits per heavy atom. The molecule has 0 radical (unpaired) electrons. The molecule has 1 aromatic rings. The smallest absolute Gasteiger partial charge is 0.328 e. The summed E-state index contributed by atoms with van der Waals surface area (Å²) in [6.07, 6.45) is 2.77. The largest absolute Gasteiger partial charge is 0.478 e. The van der Waals surface area contributed by atoms with E-state index in [0.717, 1.165) is 21.7 Å². The van der Waals surface area contributed by atoms with Gasteiger partial charge < -0.3 is 5.11 Å². The zero-order valence-corrected chi connectivity index (χ0v) is 10.2. The molecule has 3 nitrogen and oxygen atoms in total. The van der Waals surface area contributed by atoms with Gasteiger partial charge in [-0.25, -0.2) is 9.78 Å². The van der Waals surface area contributed by atoms with Crippen molar-refractivity contribution in [3.63, 3.8) is 0 Å². The predicted octanol–water partition coefficient (Wildman–Crippen LogP) is 2.85. The minimum Gasteiger partial charge on any atom is -0.478 e. The highest BCUT2D eigenvalue weighted by Crippen LogP contribution is 2.30. The third kappa shape index (κ3) is 3.16. The van der Waals surface area contributed by atoms with Crippen molar-refractivity contribution < 1.29 is 9.90 Å². The summed E-state index contributed by atoms with van der Waals surface area (Å²) in [6.45, 7) is 8.14. The lowest BCUT2D eigenvalue weighted by Gasteiger charge is -2.16. The first kappa shape index (κ1) is 11.9. The lowest BCUT2D eigenvalue weighted by atomic mass is 9.91. The molecule has 1 N–H and O–H groups in total. The molecule has 0 bridgehead atoms. The first-order valence-electron chi connectivity index (χ1n) is 4.69. The molecule has 15 heavy (non-hydrogen) atoms. The van der Waals surface area contributed by atoms with Crippen molar-refractivity contribution in [2.24, 2.45) is 0 Å². The first-order chi connectivity index (χ1) is 6.80. The molecule has 4 heteroatoms. The van der Waals surface area contributed by atoms with E-state index in [1.165, 1.54) is 11.3 Å². The Bertz CT molecular complexity index is 399. The van der Waals surface area contributed by atoms with Gasteiger partial charge in [-0.1, -0.05) is 20.8 Å². The Balaban J connectivity index is 3.13. The number of thiazole rings is 1. The average molecular weight is 225 g/mol. The number of nitrogens with zero attached hydrogens (tertiary/aromatic N) is 1. The van der Waals surface area contributed by atoms with Crippen LogP contribution in [0.3, 0.4) is 0 Å². The second-order valence-corrected chi connectivity index (χ2v) is 5.60. The van der Waals surface area contributed by atoms with Crippen LogP contribution in [0.25, 0.3) is 6.08 Å². The zero-order chi connectivity index (χ0) is 11.6. The number of carboxylic acids is 1. The molecular formula is C11H15NO2S. The average Bonchev–Trinajstić information content (AvgIpc) is 2.42. The van der Waals surface area contributed by atoms with Crippen LogP contribution >= 0.6 is 11.3 Å². The van der Waals surface area contributed by atoms with Gasteiger partial charge in [-0.05, 0) is 13.0 Å². The van der Waals surface area contributed by atoms with Crippen molar-refractivity contribution in [2.45, 2.75) is 33.1 Å². The van der Waals surface area contributed by atoms with Gasteiger partial charge in [0.15, 0.2) is 0 Å². The van der Waals surface area contributed by atoms with E-state index in [0.29, 0.717) is 0 Å². The van der Waals surface area contributed by atoms with Crippen LogP contribution in [-0.2, 0) is 10.2 Å². The van der Waals surface area contributed by atoms with E-state index < -0.39 is 5.97 Å². The van der Waals surface area contributed by atoms with Crippen LogP contribution < -0.4 is 0 Å². The standard InChI is InChI=1S/C11H15NO2S/c1-7-12-10(11(2,3)4)8(15-7)5-6-9(13)14/h5-6H,1-4H3,(H,13,14)/b6-5+. The molecule has 0 saturated carbocycles. The van der Waals surface area contributed by atoms with Gasteiger partial charge in [0.1, 0.15) is 0 Å². The number of carbonyl (C=O) groups is 1. The fourth-order valence-corrected chi connectivity index (χ4v) is 2.28. The molecule has 0 aliphatic heterocycles. The number of rotatable bonds is 2. The summed E-state index contributed by atoms with van der Waals surface area (Å²) in [7, 11) is 0. The monoisotopic (exact) mass is 225 g/mol. The zero-order valence-electron chi connectivity index (χ0n) is 9.37. The number of hydrogen-bond donors (Lipinski definition) is 1. The normalized spacial score (nSPS) is 12.3. The molecule has 0 atom stereocenters. The Morgan fingerprint density at radius 2 is 2.07 bits per heavy atom. The highest BCUT2D eigenvalue weighted by molar-refractivity contribution is 7.12. The molecule has 0 amide bonds. The Kier molecular flexibility index (Phi) is 3.29. The molecule has 82 valence electrons. The molecule has 0 aromatic carbocycles. The van der Waals surface area contributed by atoms with E-state index >= 15 is 0 Å². The van der Waals surface area contributed by atoms with Crippen LogP contribution in [0.1, 0.15) is 36.3 Å². The SMILES string of the molecule is Cc1nc(C(C)(C)C)c(/C=C/C(=O)O)s1. The maximum absolute atomic E-state index is 10.4. The fourth-order valence-electron chi connectivity index (χ4n) is 1.24. The van der Waals surface area contributed by atoms with Gasteiger partial charge in [0.2, 0.25) is 0 Å². The van der Waals surface area contributed by atoms with Gasteiger partial charge in [0, 0.05) is 11.5 Å². The molecule has 0 aliphatic carbocycles. The van der Waals surface area contributed by atoms with Crippen molar-refractivity contribution >= 4 is 23.4 Å². The minimum atomic E-state index is -0.930. The van der Waals surface area contributed by atoms with Crippen molar-refractivity contribution in [3.8, 4) is 0 Å². The molecule has 1 rings (SSSR count). The summed E-state index contributed by atoms with van der Waals surface area (Å²) in [5, 5.41) is 9.54. The summed E-state index contributed by atoms with van der Waals surface area (Å²) in [5.41, 5.74) is 0.908. The summed E-state index contributed by atoms with van der Waals surface area (Å²) >= 11 is 1.52. The molecule has 1 aromatic heterocycles. The maximum Gasteiger partial charge on any atom is 0.328 e. The van der Waals surface area contributed by atoms with Gasteiger partial charge in [-0.15, -0.1) is 11.3 Å². The van der Waals surface area contributed by atoms with E-state index in [9.17, 15) is 4.79 Å². The van der Waals surface area contributed by atoms with Crippen LogP contribution in [0, 0.1) is 6.92 Å². The van der Waals surface area contributed by atoms with Crippen LogP contribution in [-0.4, -0.2) is 16.1 Å². The van der Waals surface area contributed by atoms with E-state index in [2.05, 4.69) is 25.8 Å². The first-order valence-corrected chi connectivity index (χ1v) is 5.51. The number of hydrogen-bond acceptors (Lipinski definition) is 3. The van der Waals surface area contributed by atoms with Gasteiger partial charge >= 0.3 is 5.97 Å². The Morgan fingerprint density at radius 1 is 1.47 bits per heavy atom. The lowest BCUT2D eigenvalue weighted by molar-refractivity contribution is -0.131. The van der Waals surface area contributed by atoms with Gasteiger partial charge in [0.25, 0.3) is 0 Å². The summed E-state index contributed by atoms with van der Waals surface area (Å²) in [5.74, 6) is -0.930. The quantitative estimate of drug-likeness (QED) is 0.787. The highest BCUT2D eigenvalue weighted by Gasteiger charge is 2.20. The molecular weight excluding hydrogens is 210 g/mol. The number of aliphatic carboxylic acids is 1. The summed E-state index contributed by atoms with van der Waals surface area (Å²) in [6, 6.07) is 0. The number of aryl methyl sites for hydroxylation is 1. The number of aromatic nitrogens is 1. The van der Waals surface area contributed by atoms with Crippen molar-refractivity contribution in [1.29, 1.82) is 0 Å². The second kappa shape index (κ2) is 4.14. The van der Waals surface area contributed by atoms with Gasteiger partial charge in [0.05, 0.1) is 15.6 Å². The van der Waals surface area contributed by atoms with Crippen LogP contribution in [0.15, 0.2) is 6.08 Å². The molecule has 0 unspecified atom stereocenters. The van der Waals surface area contributed by atoms with E-state index in [1.54, 1.807) is 6.08 Å². The number of carboxylic acid groups (broad SMARTS) is 1. The van der Waals surface area contributed by atoms with Crippen molar-refractivity contribution in [2.75, 3.05) is 0 Å². The van der Waals surface area contributed by atoms with E-state index in [1.807, 2.05) is 6.92 Å². The molecule has 0 spiro atoms. The third-order valence-electron chi connectivity index (χ3n) is 1.85. The van der Waals surface area contributed by atoms with Crippen LogP contribution in [0.2, 0.25) is 0 Å². The topological polar surface area (TPSA) is 50.2 Å². The maximum atomic E-state index is 10.4. The Labute approximate surface area is 93.5 Å².